The van der Waals surface area contributed by atoms with Crippen molar-refractivity contribution in [2.45, 2.75) is 65.8 Å². The van der Waals surface area contributed by atoms with Crippen molar-refractivity contribution in [2.75, 3.05) is 6.54 Å². The quantitative estimate of drug-likeness (QED) is 0.690. The van der Waals surface area contributed by atoms with Gasteiger partial charge in [0.25, 0.3) is 0 Å². The van der Waals surface area contributed by atoms with Crippen LogP contribution in [-0.4, -0.2) is 6.54 Å². The number of nitrogens with one attached hydrogen (secondary N) is 1. The van der Waals surface area contributed by atoms with Gasteiger partial charge >= 0.3 is 0 Å². The highest BCUT2D eigenvalue weighted by Crippen LogP contribution is 2.43. The van der Waals surface area contributed by atoms with Gasteiger partial charge in [-0.25, -0.2) is 0 Å². The lowest BCUT2D eigenvalue weighted by atomic mass is 9.78. The highest BCUT2D eigenvalue weighted by molar-refractivity contribution is 5.19. The molecule has 2 rings (SSSR count). The summed E-state index contributed by atoms with van der Waals surface area (Å²) < 4.78 is 0. The largest absolute Gasteiger partial charge is 0.309 e. The van der Waals surface area contributed by atoms with Crippen LogP contribution < -0.4 is 5.32 Å². The van der Waals surface area contributed by atoms with Crippen LogP contribution in [-0.2, 0) is 0 Å². The molecule has 0 spiro atoms. The minimum Gasteiger partial charge on any atom is -0.309 e. The van der Waals surface area contributed by atoms with E-state index in [2.05, 4.69) is 63.3 Å². The molecule has 1 heteroatoms. The fourth-order valence-electron chi connectivity index (χ4n) is 4.17. The van der Waals surface area contributed by atoms with Crippen molar-refractivity contribution < 1.29 is 0 Å². The van der Waals surface area contributed by atoms with Crippen molar-refractivity contribution in [3.63, 3.8) is 0 Å². The first kappa shape index (κ1) is 16.5. The van der Waals surface area contributed by atoms with E-state index in [0.29, 0.717) is 17.4 Å². The Kier molecular flexibility index (Phi) is 5.87. The van der Waals surface area contributed by atoms with Gasteiger partial charge in [0, 0.05) is 12.6 Å². The van der Waals surface area contributed by atoms with Gasteiger partial charge in [-0.2, -0.15) is 0 Å². The van der Waals surface area contributed by atoms with Crippen LogP contribution in [0.2, 0.25) is 0 Å². The zero-order valence-corrected chi connectivity index (χ0v) is 14.4. The Morgan fingerprint density at radius 1 is 1.00 bits per heavy atom. The fourth-order valence-corrected chi connectivity index (χ4v) is 4.17. The first-order chi connectivity index (χ1) is 10.0. The van der Waals surface area contributed by atoms with Crippen molar-refractivity contribution in [3.8, 4) is 0 Å². The van der Waals surface area contributed by atoms with E-state index in [-0.39, 0.29) is 0 Å². The Bertz CT molecular complexity index is 401. The third-order valence-electron chi connectivity index (χ3n) is 5.03. The lowest BCUT2D eigenvalue weighted by Crippen LogP contribution is -2.37. The molecule has 1 aromatic rings. The summed E-state index contributed by atoms with van der Waals surface area (Å²) in [4.78, 5) is 0. The third kappa shape index (κ3) is 4.57. The number of hydrogen-bond acceptors (Lipinski definition) is 1. The van der Waals surface area contributed by atoms with Gasteiger partial charge in [0.2, 0.25) is 0 Å². The molecular weight excluding hydrogens is 254 g/mol. The molecule has 21 heavy (non-hydrogen) atoms. The van der Waals surface area contributed by atoms with Crippen molar-refractivity contribution in [2.24, 2.45) is 17.3 Å². The van der Waals surface area contributed by atoms with Crippen molar-refractivity contribution >= 4 is 0 Å². The molecule has 0 bridgehead atoms. The normalized spacial score (nSPS) is 19.3. The van der Waals surface area contributed by atoms with Gasteiger partial charge in [0.1, 0.15) is 0 Å². The summed E-state index contributed by atoms with van der Waals surface area (Å²) in [6, 6.07) is 11.4. The third-order valence-corrected chi connectivity index (χ3v) is 5.03. The number of rotatable bonds is 7. The second kappa shape index (κ2) is 7.45. The van der Waals surface area contributed by atoms with E-state index in [1.807, 2.05) is 0 Å². The molecule has 1 saturated carbocycles. The summed E-state index contributed by atoms with van der Waals surface area (Å²) in [5.41, 5.74) is 1.99. The molecule has 1 aromatic carbocycles. The lowest BCUT2D eigenvalue weighted by Gasteiger charge is -2.34. The highest BCUT2D eigenvalue weighted by atomic mass is 14.9. The molecule has 0 radical (unpaired) electrons. The molecular formula is C20H33N. The first-order valence-electron chi connectivity index (χ1n) is 8.81. The molecule has 1 N–H and O–H groups in total. The van der Waals surface area contributed by atoms with Crippen LogP contribution in [0.1, 0.15) is 71.4 Å². The first-order valence-corrected chi connectivity index (χ1v) is 8.81. The molecule has 0 heterocycles. The summed E-state index contributed by atoms with van der Waals surface area (Å²) in [6.07, 6.45) is 7.05. The summed E-state index contributed by atoms with van der Waals surface area (Å²) in [5, 5.41) is 3.92. The molecule has 0 saturated heterocycles. The fraction of sp³-hybridized carbons (Fsp3) is 0.700. The van der Waals surface area contributed by atoms with E-state index in [4.69, 9.17) is 0 Å². The Morgan fingerprint density at radius 2 is 1.62 bits per heavy atom. The van der Waals surface area contributed by atoms with Gasteiger partial charge in [-0.1, -0.05) is 70.9 Å². The Hall–Kier alpha value is -0.820. The molecule has 0 amide bonds. The smallest absolute Gasteiger partial charge is 0.0343 e. The Morgan fingerprint density at radius 3 is 2.14 bits per heavy atom. The summed E-state index contributed by atoms with van der Waals surface area (Å²) in [7, 11) is 0. The summed E-state index contributed by atoms with van der Waals surface area (Å²) in [6.45, 7) is 10.6. The van der Waals surface area contributed by atoms with E-state index in [9.17, 15) is 0 Å². The maximum Gasteiger partial charge on any atom is 0.0343 e. The van der Waals surface area contributed by atoms with E-state index >= 15 is 0 Å². The van der Waals surface area contributed by atoms with Crippen LogP contribution in [0.3, 0.4) is 0 Å². The monoisotopic (exact) mass is 287 g/mol. The van der Waals surface area contributed by atoms with Gasteiger partial charge in [0.15, 0.2) is 0 Å². The molecule has 1 atom stereocenters. The van der Waals surface area contributed by atoms with Gasteiger partial charge in [-0.3, -0.25) is 0 Å². The average Bonchev–Trinajstić information content (AvgIpc) is 2.87. The minimum absolute atomic E-state index is 0.482. The van der Waals surface area contributed by atoms with E-state index in [1.165, 1.54) is 44.2 Å². The molecule has 118 valence electrons. The van der Waals surface area contributed by atoms with E-state index < -0.39 is 0 Å². The van der Waals surface area contributed by atoms with Crippen molar-refractivity contribution in [3.05, 3.63) is 35.9 Å². The number of benzene rings is 1. The Labute approximate surface area is 131 Å². The lowest BCUT2D eigenvalue weighted by molar-refractivity contribution is 0.206. The van der Waals surface area contributed by atoms with Gasteiger partial charge in [-0.05, 0) is 42.1 Å². The molecule has 1 fully saturated rings. The molecule has 1 nitrogen and oxygen atoms in total. The van der Waals surface area contributed by atoms with E-state index in [0.717, 1.165) is 5.92 Å². The summed E-state index contributed by atoms with van der Waals surface area (Å²) >= 11 is 0. The minimum atomic E-state index is 0.482. The Balaban J connectivity index is 2.03. The van der Waals surface area contributed by atoms with E-state index in [1.54, 1.807) is 0 Å². The standard InChI is InChI=1S/C20H33N/c1-16(2)14-20(12-8-9-13-20)15-21-19(17(3)4)18-10-6-5-7-11-18/h5-7,10-11,16-17,19,21H,8-9,12-15H2,1-4H3. The predicted octanol–water partition coefficient (Wildman–Crippen LogP) is 5.58. The van der Waals surface area contributed by atoms with Crippen LogP contribution in [0.25, 0.3) is 0 Å². The highest BCUT2D eigenvalue weighted by Gasteiger charge is 2.34. The van der Waals surface area contributed by atoms with Crippen molar-refractivity contribution in [1.29, 1.82) is 0 Å². The molecule has 0 aliphatic heterocycles. The van der Waals surface area contributed by atoms with Gasteiger partial charge in [0.05, 0.1) is 0 Å². The second-order valence-corrected chi connectivity index (χ2v) is 7.82. The summed E-state index contributed by atoms with van der Waals surface area (Å²) in [5.74, 6) is 1.43. The molecule has 0 aromatic heterocycles. The second-order valence-electron chi connectivity index (χ2n) is 7.82. The molecule has 1 aliphatic rings. The predicted molar refractivity (Wildman–Crippen MR) is 92.4 cm³/mol. The zero-order chi connectivity index (χ0) is 15.3. The molecule has 1 aliphatic carbocycles. The maximum absolute atomic E-state index is 3.92. The number of hydrogen-bond donors (Lipinski definition) is 1. The van der Waals surface area contributed by atoms with Crippen LogP contribution in [0.15, 0.2) is 30.3 Å². The maximum atomic E-state index is 3.92. The molecule has 1 unspecified atom stereocenters. The van der Waals surface area contributed by atoms with Crippen LogP contribution in [0.5, 0.6) is 0 Å². The van der Waals surface area contributed by atoms with Crippen LogP contribution >= 0.6 is 0 Å². The zero-order valence-electron chi connectivity index (χ0n) is 14.4. The van der Waals surface area contributed by atoms with Crippen LogP contribution in [0.4, 0.5) is 0 Å². The van der Waals surface area contributed by atoms with Crippen LogP contribution in [0, 0.1) is 17.3 Å². The topological polar surface area (TPSA) is 12.0 Å². The van der Waals surface area contributed by atoms with Gasteiger partial charge in [-0.15, -0.1) is 0 Å². The SMILES string of the molecule is CC(C)CC1(CNC(c2ccccc2)C(C)C)CCCC1. The average molecular weight is 287 g/mol. The van der Waals surface area contributed by atoms with Crippen molar-refractivity contribution in [1.82, 2.24) is 5.32 Å². The van der Waals surface area contributed by atoms with Gasteiger partial charge < -0.3 is 5.32 Å².